The molecule has 1 fully saturated rings. The first-order chi connectivity index (χ1) is 9.80. The van der Waals surface area contributed by atoms with E-state index >= 15 is 0 Å². The van der Waals surface area contributed by atoms with E-state index in [0.29, 0.717) is 23.6 Å². The summed E-state index contributed by atoms with van der Waals surface area (Å²) in [6.07, 6.45) is 0.630. The van der Waals surface area contributed by atoms with Gasteiger partial charge in [0.25, 0.3) is 0 Å². The number of benzene rings is 1. The third-order valence-electron chi connectivity index (χ3n) is 4.60. The fourth-order valence-electron chi connectivity index (χ4n) is 2.47. The van der Waals surface area contributed by atoms with E-state index in [4.69, 9.17) is 17.3 Å². The Bertz CT molecular complexity index is 529. The molecule has 1 aromatic carbocycles. The molecule has 0 spiro atoms. The van der Waals surface area contributed by atoms with E-state index in [1.54, 1.807) is 12.1 Å². The smallest absolute Gasteiger partial charge is 0.224 e. The number of hydrogen-bond donors (Lipinski definition) is 2. The number of carbonyl (C=O) groups is 1. The van der Waals surface area contributed by atoms with Gasteiger partial charge in [-0.15, -0.1) is 0 Å². The highest BCUT2D eigenvalue weighted by molar-refractivity contribution is 6.31. The van der Waals surface area contributed by atoms with Crippen molar-refractivity contribution in [3.05, 3.63) is 34.6 Å². The first kappa shape index (κ1) is 16.2. The summed E-state index contributed by atoms with van der Waals surface area (Å²) < 4.78 is 13.9. The Morgan fingerprint density at radius 2 is 2.24 bits per heavy atom. The fourth-order valence-corrected chi connectivity index (χ4v) is 2.78. The third-order valence-corrected chi connectivity index (χ3v) is 4.93. The summed E-state index contributed by atoms with van der Waals surface area (Å²) in [5, 5.41) is 3.40. The maximum absolute atomic E-state index is 13.9. The zero-order valence-corrected chi connectivity index (χ0v) is 13.4. The standard InChI is InChI=1S/C16H22ClFN2O/c1-9(2)16(3,8-19)20-15(21)11-7-10(11)14-12(17)5-4-6-13(14)18/h4-6,9-11H,7-8,19H2,1-3H3,(H,20,21). The molecule has 1 aliphatic carbocycles. The minimum atomic E-state index is -0.441. The summed E-state index contributed by atoms with van der Waals surface area (Å²) in [6.45, 7) is 6.34. The van der Waals surface area contributed by atoms with Crippen LogP contribution in [0.4, 0.5) is 4.39 Å². The van der Waals surface area contributed by atoms with E-state index in [0.717, 1.165) is 0 Å². The predicted octanol–water partition coefficient (Wildman–Crippen LogP) is 3.07. The SMILES string of the molecule is CC(C)C(C)(CN)NC(=O)C1CC1c1c(F)cccc1Cl. The van der Waals surface area contributed by atoms with Crippen LogP contribution in [0, 0.1) is 17.7 Å². The molecule has 1 saturated carbocycles. The largest absolute Gasteiger partial charge is 0.349 e. The normalized spacial score (nSPS) is 23.8. The van der Waals surface area contributed by atoms with Crippen molar-refractivity contribution in [2.45, 2.75) is 38.6 Å². The number of nitrogens with two attached hydrogens (primary N) is 1. The zero-order valence-electron chi connectivity index (χ0n) is 12.6. The van der Waals surface area contributed by atoms with Gasteiger partial charge >= 0.3 is 0 Å². The molecule has 2 rings (SSSR count). The predicted molar refractivity (Wildman–Crippen MR) is 82.7 cm³/mol. The van der Waals surface area contributed by atoms with Crippen LogP contribution in [0.5, 0.6) is 0 Å². The van der Waals surface area contributed by atoms with Crippen molar-refractivity contribution >= 4 is 17.5 Å². The molecule has 3 N–H and O–H groups in total. The van der Waals surface area contributed by atoms with Crippen molar-refractivity contribution in [1.29, 1.82) is 0 Å². The Labute approximate surface area is 130 Å². The monoisotopic (exact) mass is 312 g/mol. The summed E-state index contributed by atoms with van der Waals surface area (Å²) in [5.74, 6) is -0.535. The van der Waals surface area contributed by atoms with Gasteiger partial charge in [0.05, 0.1) is 5.54 Å². The second-order valence-corrected chi connectivity index (χ2v) is 6.76. The van der Waals surface area contributed by atoms with Crippen molar-refractivity contribution in [3.63, 3.8) is 0 Å². The molecular weight excluding hydrogens is 291 g/mol. The Kier molecular flexibility index (Phi) is 4.59. The maximum Gasteiger partial charge on any atom is 0.224 e. The molecule has 0 aliphatic heterocycles. The van der Waals surface area contributed by atoms with Crippen LogP contribution in [0.3, 0.4) is 0 Å². The number of nitrogens with one attached hydrogen (secondary N) is 1. The summed E-state index contributed by atoms with van der Waals surface area (Å²) in [4.78, 5) is 12.4. The minimum Gasteiger partial charge on any atom is -0.349 e. The van der Waals surface area contributed by atoms with Crippen molar-refractivity contribution in [1.82, 2.24) is 5.32 Å². The molecule has 3 unspecified atom stereocenters. The van der Waals surface area contributed by atoms with Gasteiger partial charge in [0.15, 0.2) is 0 Å². The van der Waals surface area contributed by atoms with Gasteiger partial charge in [-0.3, -0.25) is 4.79 Å². The van der Waals surface area contributed by atoms with Crippen molar-refractivity contribution in [2.75, 3.05) is 6.54 Å². The Balaban J connectivity index is 2.08. The van der Waals surface area contributed by atoms with Crippen LogP contribution in [0.25, 0.3) is 0 Å². The van der Waals surface area contributed by atoms with Gasteiger partial charge in [-0.05, 0) is 31.4 Å². The fraction of sp³-hybridized carbons (Fsp3) is 0.562. The second kappa shape index (κ2) is 5.93. The molecule has 5 heteroatoms. The number of carbonyl (C=O) groups excluding carboxylic acids is 1. The lowest BCUT2D eigenvalue weighted by molar-refractivity contribution is -0.124. The van der Waals surface area contributed by atoms with Gasteiger partial charge in [-0.25, -0.2) is 4.39 Å². The maximum atomic E-state index is 13.9. The number of hydrogen-bond acceptors (Lipinski definition) is 2. The summed E-state index contributed by atoms with van der Waals surface area (Å²) >= 11 is 6.05. The quantitative estimate of drug-likeness (QED) is 0.878. The molecule has 0 bridgehead atoms. The number of amides is 1. The molecule has 3 nitrogen and oxygen atoms in total. The lowest BCUT2D eigenvalue weighted by atomic mass is 9.88. The van der Waals surface area contributed by atoms with Crippen LogP contribution in [-0.2, 0) is 4.79 Å². The lowest BCUT2D eigenvalue weighted by Crippen LogP contribution is -2.55. The summed E-state index contributed by atoms with van der Waals surface area (Å²) in [7, 11) is 0. The first-order valence-corrected chi connectivity index (χ1v) is 7.64. The van der Waals surface area contributed by atoms with Crippen molar-refractivity contribution in [3.8, 4) is 0 Å². The molecular formula is C16H22ClFN2O. The highest BCUT2D eigenvalue weighted by Gasteiger charge is 2.47. The highest BCUT2D eigenvalue weighted by atomic mass is 35.5. The van der Waals surface area contributed by atoms with Gasteiger partial charge < -0.3 is 11.1 Å². The van der Waals surface area contributed by atoms with Gasteiger partial charge in [-0.2, -0.15) is 0 Å². The van der Waals surface area contributed by atoms with Crippen LogP contribution < -0.4 is 11.1 Å². The molecule has 21 heavy (non-hydrogen) atoms. The zero-order chi connectivity index (χ0) is 15.8. The van der Waals surface area contributed by atoms with Crippen LogP contribution in [0.1, 0.15) is 38.7 Å². The molecule has 1 aromatic rings. The Morgan fingerprint density at radius 1 is 1.57 bits per heavy atom. The number of halogens is 2. The van der Waals surface area contributed by atoms with Crippen molar-refractivity contribution < 1.29 is 9.18 Å². The highest BCUT2D eigenvalue weighted by Crippen LogP contribution is 2.50. The third kappa shape index (κ3) is 3.22. The minimum absolute atomic E-state index is 0.0685. The number of rotatable bonds is 5. The molecule has 116 valence electrons. The van der Waals surface area contributed by atoms with Crippen LogP contribution in [0.15, 0.2) is 18.2 Å². The topological polar surface area (TPSA) is 55.1 Å². The summed E-state index contributed by atoms with van der Waals surface area (Å²) in [5.41, 5.74) is 5.79. The lowest BCUT2D eigenvalue weighted by Gasteiger charge is -2.33. The average Bonchev–Trinajstić information content (AvgIpc) is 3.18. The van der Waals surface area contributed by atoms with Gasteiger partial charge in [0, 0.05) is 29.0 Å². The van der Waals surface area contributed by atoms with Gasteiger partial charge in [0.2, 0.25) is 5.91 Å². The van der Waals surface area contributed by atoms with Crippen LogP contribution in [-0.4, -0.2) is 18.0 Å². The van der Waals surface area contributed by atoms with E-state index < -0.39 is 5.54 Å². The van der Waals surface area contributed by atoms with Gasteiger partial charge in [0.1, 0.15) is 5.82 Å². The first-order valence-electron chi connectivity index (χ1n) is 7.26. The Hall–Kier alpha value is -1.13. The summed E-state index contributed by atoms with van der Waals surface area (Å²) in [6, 6.07) is 4.61. The molecule has 1 aliphatic rings. The van der Waals surface area contributed by atoms with E-state index in [-0.39, 0.29) is 29.5 Å². The molecule has 0 radical (unpaired) electrons. The van der Waals surface area contributed by atoms with E-state index in [1.165, 1.54) is 6.07 Å². The van der Waals surface area contributed by atoms with Crippen molar-refractivity contribution in [2.24, 2.45) is 17.6 Å². The Morgan fingerprint density at radius 3 is 2.76 bits per heavy atom. The van der Waals surface area contributed by atoms with E-state index in [2.05, 4.69) is 5.32 Å². The van der Waals surface area contributed by atoms with Crippen LogP contribution in [0.2, 0.25) is 5.02 Å². The van der Waals surface area contributed by atoms with E-state index in [9.17, 15) is 9.18 Å². The van der Waals surface area contributed by atoms with Gasteiger partial charge in [-0.1, -0.05) is 31.5 Å². The average molecular weight is 313 g/mol. The molecule has 1 amide bonds. The second-order valence-electron chi connectivity index (χ2n) is 6.35. The molecule has 0 saturated heterocycles. The molecule has 0 aromatic heterocycles. The van der Waals surface area contributed by atoms with Crippen LogP contribution >= 0.6 is 11.6 Å². The molecule has 3 atom stereocenters. The van der Waals surface area contributed by atoms with E-state index in [1.807, 2.05) is 20.8 Å². The molecule has 0 heterocycles.